The fourth-order valence-electron chi connectivity index (χ4n) is 2.62. The summed E-state index contributed by atoms with van der Waals surface area (Å²) in [6.07, 6.45) is -0.746. The number of hydrogen-bond donors (Lipinski definition) is 2. The maximum Gasteiger partial charge on any atom is 0.433 e. The molecule has 13 heteroatoms. The number of aryl methyl sites for hydroxylation is 1. The Bertz CT molecular complexity index is 1070. The minimum atomic E-state index is -4.61. The molecule has 3 aromatic heterocycles. The largest absolute Gasteiger partial charge is 0.760 e. The molecule has 8 nitrogen and oxygen atoms in total. The summed E-state index contributed by atoms with van der Waals surface area (Å²) < 4.78 is 62.7. The molecule has 2 atom stereocenters. The normalized spacial score (nSPS) is 13.6. The Hall–Kier alpha value is -2.74. The Morgan fingerprint density at radius 2 is 1.81 bits per heavy atom. The summed E-state index contributed by atoms with van der Waals surface area (Å²) in [4.78, 5) is 24.6. The quantitative estimate of drug-likeness (QED) is 0.513. The molecule has 0 fully saturated rings. The van der Waals surface area contributed by atoms with Crippen molar-refractivity contribution in [1.82, 2.24) is 25.0 Å². The zero-order valence-electron chi connectivity index (χ0n) is 15.8. The first kappa shape index (κ1) is 22.9. The van der Waals surface area contributed by atoms with Crippen molar-refractivity contribution >= 4 is 28.5 Å². The van der Waals surface area contributed by atoms with Gasteiger partial charge in [-0.05, 0) is 30.2 Å². The predicted octanol–water partition coefficient (Wildman–Crippen LogP) is 2.66. The Kier molecular flexibility index (Phi) is 7.10. The number of hydrogen-bond acceptors (Lipinski definition) is 7. The van der Waals surface area contributed by atoms with Crippen LogP contribution in [-0.2, 0) is 24.0 Å². The van der Waals surface area contributed by atoms with Crippen LogP contribution in [0.15, 0.2) is 42.9 Å². The van der Waals surface area contributed by atoms with E-state index in [0.717, 1.165) is 28.2 Å². The van der Waals surface area contributed by atoms with E-state index in [1.54, 1.807) is 6.20 Å². The van der Waals surface area contributed by atoms with Gasteiger partial charge in [-0.25, -0.2) is 9.71 Å². The van der Waals surface area contributed by atoms with Crippen molar-refractivity contribution in [2.24, 2.45) is 0 Å². The van der Waals surface area contributed by atoms with Crippen LogP contribution in [0.2, 0.25) is 0 Å². The van der Waals surface area contributed by atoms with Crippen molar-refractivity contribution in [2.45, 2.75) is 25.7 Å². The highest BCUT2D eigenvalue weighted by atomic mass is 32.2. The number of alkyl halides is 3. The average Bonchev–Trinajstić information content (AvgIpc) is 3.15. The van der Waals surface area contributed by atoms with E-state index in [9.17, 15) is 26.7 Å². The summed E-state index contributed by atoms with van der Waals surface area (Å²) in [5.74, 6) is -0.439. The molecule has 0 spiro atoms. The number of carbonyl (C=O) groups excluding carboxylic acids is 1. The molecule has 2 unspecified atom stereocenters. The SMILES string of the molecule is Cc1ncc(CNC(=O)c2ccc(C(NS(=O)[O-])c3ccc(C(F)(F)F)nc3)cn2)s1. The predicted molar refractivity (Wildman–Crippen MR) is 105 cm³/mol. The lowest BCUT2D eigenvalue weighted by molar-refractivity contribution is -0.141. The highest BCUT2D eigenvalue weighted by Crippen LogP contribution is 2.29. The molecule has 0 aliphatic rings. The van der Waals surface area contributed by atoms with Crippen molar-refractivity contribution < 1.29 is 26.7 Å². The van der Waals surface area contributed by atoms with Gasteiger partial charge in [0, 0.05) is 34.7 Å². The van der Waals surface area contributed by atoms with Crippen molar-refractivity contribution in [3.63, 3.8) is 0 Å². The first-order valence-electron chi connectivity index (χ1n) is 8.67. The number of halogens is 3. The maximum absolute atomic E-state index is 12.7. The third-order valence-electron chi connectivity index (χ3n) is 4.07. The van der Waals surface area contributed by atoms with Crippen LogP contribution in [0.4, 0.5) is 13.2 Å². The van der Waals surface area contributed by atoms with E-state index in [0.29, 0.717) is 5.56 Å². The highest BCUT2D eigenvalue weighted by Gasteiger charge is 2.32. The molecule has 0 radical (unpaired) electrons. The Morgan fingerprint density at radius 1 is 1.13 bits per heavy atom. The molecule has 0 saturated carbocycles. The zero-order chi connectivity index (χ0) is 22.6. The number of nitrogens with zero attached hydrogens (tertiary/aromatic N) is 3. The minimum Gasteiger partial charge on any atom is -0.760 e. The summed E-state index contributed by atoms with van der Waals surface area (Å²) in [7, 11) is 0. The van der Waals surface area contributed by atoms with Crippen LogP contribution in [0.25, 0.3) is 0 Å². The summed E-state index contributed by atoms with van der Waals surface area (Å²) in [5, 5.41) is 3.57. The highest BCUT2D eigenvalue weighted by molar-refractivity contribution is 7.77. The van der Waals surface area contributed by atoms with Crippen LogP contribution in [-0.4, -0.2) is 29.6 Å². The lowest BCUT2D eigenvalue weighted by Gasteiger charge is -2.21. The molecule has 0 saturated heterocycles. The second kappa shape index (κ2) is 9.60. The monoisotopic (exact) mass is 470 g/mol. The van der Waals surface area contributed by atoms with Gasteiger partial charge in [0.1, 0.15) is 11.4 Å². The van der Waals surface area contributed by atoms with Crippen molar-refractivity contribution in [2.75, 3.05) is 0 Å². The molecule has 2 N–H and O–H groups in total. The second-order valence-electron chi connectivity index (χ2n) is 6.27. The number of nitrogens with one attached hydrogen (secondary N) is 2. The minimum absolute atomic E-state index is 0.0949. The van der Waals surface area contributed by atoms with Gasteiger partial charge in [-0.3, -0.25) is 19.0 Å². The molecule has 3 rings (SSSR count). The van der Waals surface area contributed by atoms with Crippen LogP contribution in [0.3, 0.4) is 0 Å². The van der Waals surface area contributed by atoms with Crippen LogP contribution in [0.5, 0.6) is 0 Å². The fraction of sp³-hybridized carbons (Fsp3) is 0.222. The lowest BCUT2D eigenvalue weighted by atomic mass is 10.0. The molecule has 3 aromatic rings. The summed E-state index contributed by atoms with van der Waals surface area (Å²) in [5.41, 5.74) is -0.505. The van der Waals surface area contributed by atoms with Gasteiger partial charge >= 0.3 is 6.18 Å². The third-order valence-corrected chi connectivity index (χ3v) is 5.41. The van der Waals surface area contributed by atoms with Gasteiger partial charge in [0.25, 0.3) is 5.91 Å². The Morgan fingerprint density at radius 3 is 2.29 bits per heavy atom. The van der Waals surface area contributed by atoms with Crippen LogP contribution in [0, 0.1) is 6.92 Å². The Labute approximate surface area is 181 Å². The Balaban J connectivity index is 1.76. The van der Waals surface area contributed by atoms with E-state index >= 15 is 0 Å². The smallest absolute Gasteiger partial charge is 0.433 e. The van der Waals surface area contributed by atoms with Gasteiger partial charge in [0.15, 0.2) is 0 Å². The van der Waals surface area contributed by atoms with E-state index in [4.69, 9.17) is 0 Å². The van der Waals surface area contributed by atoms with Crippen LogP contribution >= 0.6 is 11.3 Å². The van der Waals surface area contributed by atoms with Gasteiger partial charge in [-0.2, -0.15) is 13.2 Å². The standard InChI is InChI=1S/C18H16F3N5O3S2/c1-10-22-8-13(30-10)9-25-17(27)14-4-2-11(6-23-14)16(26-31(28)29)12-3-5-15(24-7-12)18(19,20)21/h2-8,16,26H,9H2,1H3,(H,25,27)(H,28,29)/p-1. The molecular formula is C18H15F3N5O3S2-. The number of carbonyl (C=O) groups is 1. The zero-order valence-corrected chi connectivity index (χ0v) is 17.5. The van der Waals surface area contributed by atoms with Crippen molar-refractivity contribution in [1.29, 1.82) is 0 Å². The van der Waals surface area contributed by atoms with E-state index in [-0.39, 0.29) is 17.8 Å². The van der Waals surface area contributed by atoms with Gasteiger partial charge < -0.3 is 9.87 Å². The molecule has 0 bridgehead atoms. The molecule has 31 heavy (non-hydrogen) atoms. The lowest BCUT2D eigenvalue weighted by Crippen LogP contribution is -2.26. The van der Waals surface area contributed by atoms with Gasteiger partial charge in [0.05, 0.1) is 17.6 Å². The van der Waals surface area contributed by atoms with E-state index < -0.39 is 35.1 Å². The van der Waals surface area contributed by atoms with Crippen LogP contribution in [0.1, 0.15) is 43.2 Å². The average molecular weight is 470 g/mol. The van der Waals surface area contributed by atoms with Gasteiger partial charge in [-0.15, -0.1) is 11.3 Å². The second-order valence-corrected chi connectivity index (χ2v) is 8.29. The molecular weight excluding hydrogens is 455 g/mol. The van der Waals surface area contributed by atoms with Crippen molar-refractivity contribution in [3.8, 4) is 0 Å². The third kappa shape index (κ3) is 6.13. The summed E-state index contributed by atoms with van der Waals surface area (Å²) in [6.45, 7) is 2.13. The summed E-state index contributed by atoms with van der Waals surface area (Å²) in [6, 6.07) is 3.70. The molecule has 1 amide bonds. The first-order chi connectivity index (χ1) is 14.6. The van der Waals surface area contributed by atoms with Gasteiger partial charge in [0.2, 0.25) is 0 Å². The number of amides is 1. The number of thiazole rings is 1. The molecule has 0 aliphatic carbocycles. The maximum atomic E-state index is 12.7. The number of aromatic nitrogens is 3. The van der Waals surface area contributed by atoms with E-state index in [1.165, 1.54) is 29.7 Å². The molecule has 3 heterocycles. The summed E-state index contributed by atoms with van der Waals surface area (Å²) >= 11 is -1.27. The molecule has 0 aliphatic heterocycles. The molecule has 164 valence electrons. The van der Waals surface area contributed by atoms with Gasteiger partial charge in [-0.1, -0.05) is 12.1 Å². The van der Waals surface area contributed by atoms with Crippen LogP contribution < -0.4 is 10.0 Å². The first-order valence-corrected chi connectivity index (χ1v) is 10.6. The van der Waals surface area contributed by atoms with E-state index in [2.05, 4.69) is 25.0 Å². The van der Waals surface area contributed by atoms with E-state index in [1.807, 2.05) is 6.92 Å². The fourth-order valence-corrected chi connectivity index (χ4v) is 3.82. The number of pyridine rings is 2. The topological polar surface area (TPSA) is 120 Å². The van der Waals surface area contributed by atoms with Crippen molar-refractivity contribution in [3.05, 3.63) is 75.3 Å². The number of rotatable bonds is 7. The molecule has 0 aromatic carbocycles.